The summed E-state index contributed by atoms with van der Waals surface area (Å²) in [7, 11) is 1.41. The molecule has 9 heteroatoms. The Hall–Kier alpha value is -1.71. The highest BCUT2D eigenvalue weighted by atomic mass is 32.2. The molecule has 4 rings (SSSR count). The zero-order valence-corrected chi connectivity index (χ0v) is 16.6. The molecule has 0 radical (unpaired) electrons. The number of carbonyl (C=O) groups is 1. The molecule has 1 atom stereocenters. The first-order valence-corrected chi connectivity index (χ1v) is 10.4. The predicted octanol–water partition coefficient (Wildman–Crippen LogP) is 3.10. The summed E-state index contributed by atoms with van der Waals surface area (Å²) in [5.41, 5.74) is 0.468. The normalized spacial score (nSPS) is 20.6. The molecule has 1 saturated heterocycles. The minimum atomic E-state index is -0.299. The third-order valence-electron chi connectivity index (χ3n) is 4.85. The average Bonchev–Trinajstić information content (AvgIpc) is 3.47. The number of halogens is 1. The van der Waals surface area contributed by atoms with Crippen molar-refractivity contribution in [2.45, 2.75) is 30.8 Å². The number of hydrogen-bond donors (Lipinski definition) is 0. The van der Waals surface area contributed by atoms with Gasteiger partial charge in [0.2, 0.25) is 0 Å². The molecule has 2 aliphatic rings. The molecular formula is C18H21FN4O2S2. The standard InChI is InChI=1S/C18H21FN4O2S2/c1-25-17(24)15-10-21(8-9-27-15)11-22-18(26)23(12-6-7-12)16(20-22)13-4-2-3-5-14(13)19/h2-5,12,15H,6-11H2,1H3/t15-/m0/s1. The van der Waals surface area contributed by atoms with Crippen LogP contribution in [0.5, 0.6) is 0 Å². The maximum absolute atomic E-state index is 14.4. The van der Waals surface area contributed by atoms with Gasteiger partial charge >= 0.3 is 5.97 Å². The minimum Gasteiger partial charge on any atom is -0.468 e. The van der Waals surface area contributed by atoms with Crippen LogP contribution in [0.25, 0.3) is 11.4 Å². The van der Waals surface area contributed by atoms with Crippen molar-refractivity contribution in [3.8, 4) is 11.4 Å². The van der Waals surface area contributed by atoms with Gasteiger partial charge in [-0.25, -0.2) is 9.07 Å². The van der Waals surface area contributed by atoms with Crippen molar-refractivity contribution < 1.29 is 13.9 Å². The molecule has 1 saturated carbocycles. The lowest BCUT2D eigenvalue weighted by Crippen LogP contribution is -2.42. The molecule has 0 unspecified atom stereocenters. The molecule has 1 aromatic carbocycles. The van der Waals surface area contributed by atoms with E-state index in [4.69, 9.17) is 17.0 Å². The fourth-order valence-electron chi connectivity index (χ4n) is 3.29. The molecule has 2 heterocycles. The highest BCUT2D eigenvalue weighted by Crippen LogP contribution is 2.39. The van der Waals surface area contributed by atoms with Crippen LogP contribution in [0.3, 0.4) is 0 Å². The van der Waals surface area contributed by atoms with E-state index in [2.05, 4.69) is 10.00 Å². The van der Waals surface area contributed by atoms with E-state index in [1.165, 1.54) is 13.2 Å². The van der Waals surface area contributed by atoms with Crippen molar-refractivity contribution in [1.82, 2.24) is 19.2 Å². The van der Waals surface area contributed by atoms with Crippen LogP contribution in [0.1, 0.15) is 18.9 Å². The Morgan fingerprint density at radius 3 is 2.89 bits per heavy atom. The Kier molecular flexibility index (Phi) is 5.34. The highest BCUT2D eigenvalue weighted by molar-refractivity contribution is 8.00. The number of benzene rings is 1. The Morgan fingerprint density at radius 1 is 1.41 bits per heavy atom. The summed E-state index contributed by atoms with van der Waals surface area (Å²) in [5.74, 6) is 0.920. The van der Waals surface area contributed by atoms with Gasteiger partial charge in [-0.1, -0.05) is 12.1 Å². The van der Waals surface area contributed by atoms with E-state index in [0.717, 1.165) is 25.1 Å². The second-order valence-corrected chi connectivity index (χ2v) is 8.46. The lowest BCUT2D eigenvalue weighted by molar-refractivity contribution is -0.140. The second kappa shape index (κ2) is 7.73. The number of carbonyl (C=O) groups excluding carboxylic acids is 1. The van der Waals surface area contributed by atoms with E-state index in [1.807, 2.05) is 4.57 Å². The molecule has 0 N–H and O–H groups in total. The van der Waals surface area contributed by atoms with Gasteiger partial charge in [0.1, 0.15) is 11.1 Å². The highest BCUT2D eigenvalue weighted by Gasteiger charge is 2.31. The number of hydrogen-bond acceptors (Lipinski definition) is 6. The van der Waals surface area contributed by atoms with Crippen molar-refractivity contribution in [2.24, 2.45) is 0 Å². The monoisotopic (exact) mass is 408 g/mol. The first-order chi connectivity index (χ1) is 13.1. The van der Waals surface area contributed by atoms with E-state index in [1.54, 1.807) is 34.6 Å². The molecule has 0 bridgehead atoms. The van der Waals surface area contributed by atoms with E-state index in [9.17, 15) is 9.18 Å². The van der Waals surface area contributed by atoms with Gasteiger partial charge in [0.05, 0.1) is 19.3 Å². The number of thioether (sulfide) groups is 1. The Morgan fingerprint density at radius 2 is 2.19 bits per heavy atom. The topological polar surface area (TPSA) is 52.3 Å². The first kappa shape index (κ1) is 18.6. The fourth-order valence-corrected chi connectivity index (χ4v) is 4.83. The van der Waals surface area contributed by atoms with Gasteiger partial charge in [0.15, 0.2) is 10.6 Å². The third-order valence-corrected chi connectivity index (χ3v) is 6.42. The van der Waals surface area contributed by atoms with Crippen molar-refractivity contribution >= 4 is 29.9 Å². The Bertz CT molecular complexity index is 909. The van der Waals surface area contributed by atoms with Crippen LogP contribution in [0.15, 0.2) is 24.3 Å². The fraction of sp³-hybridized carbons (Fsp3) is 0.500. The molecule has 1 aliphatic carbocycles. The lowest BCUT2D eigenvalue weighted by atomic mass is 10.2. The van der Waals surface area contributed by atoms with Crippen molar-refractivity contribution in [1.29, 1.82) is 0 Å². The molecule has 2 aromatic rings. The number of rotatable bonds is 5. The molecule has 2 fully saturated rings. The Labute approximate surface area is 166 Å². The van der Waals surface area contributed by atoms with E-state index in [0.29, 0.717) is 35.4 Å². The zero-order chi connectivity index (χ0) is 19.0. The van der Waals surface area contributed by atoms with Crippen LogP contribution in [-0.4, -0.2) is 56.4 Å². The Balaban J connectivity index is 1.62. The first-order valence-electron chi connectivity index (χ1n) is 8.94. The van der Waals surface area contributed by atoms with Gasteiger partial charge in [0, 0.05) is 24.9 Å². The molecular weight excluding hydrogens is 387 g/mol. The summed E-state index contributed by atoms with van der Waals surface area (Å²) in [5, 5.41) is 4.46. The van der Waals surface area contributed by atoms with Gasteiger partial charge in [0.25, 0.3) is 0 Å². The van der Waals surface area contributed by atoms with Crippen molar-refractivity contribution in [2.75, 3.05) is 26.0 Å². The number of methoxy groups -OCH3 is 1. The van der Waals surface area contributed by atoms with Crippen LogP contribution >= 0.6 is 24.0 Å². The van der Waals surface area contributed by atoms with Crippen LogP contribution in [-0.2, 0) is 16.2 Å². The maximum Gasteiger partial charge on any atom is 0.320 e. The van der Waals surface area contributed by atoms with E-state index < -0.39 is 0 Å². The maximum atomic E-state index is 14.4. The zero-order valence-electron chi connectivity index (χ0n) is 15.0. The van der Waals surface area contributed by atoms with Gasteiger partial charge in [-0.05, 0) is 37.2 Å². The molecule has 0 amide bonds. The quantitative estimate of drug-likeness (QED) is 0.560. The summed E-state index contributed by atoms with van der Waals surface area (Å²) in [4.78, 5) is 14.0. The third kappa shape index (κ3) is 3.81. The molecule has 1 aliphatic heterocycles. The molecule has 0 spiro atoms. The summed E-state index contributed by atoms with van der Waals surface area (Å²) >= 11 is 7.27. The van der Waals surface area contributed by atoms with Crippen LogP contribution in [0.2, 0.25) is 0 Å². The average molecular weight is 409 g/mol. The summed E-state index contributed by atoms with van der Waals surface area (Å²) < 4.78 is 23.6. The number of aromatic nitrogens is 3. The summed E-state index contributed by atoms with van der Waals surface area (Å²) in [6, 6.07) is 6.95. The summed E-state index contributed by atoms with van der Waals surface area (Å²) in [6.45, 7) is 1.91. The van der Waals surface area contributed by atoms with Gasteiger partial charge < -0.3 is 4.74 Å². The molecule has 144 valence electrons. The van der Waals surface area contributed by atoms with Crippen LogP contribution < -0.4 is 0 Å². The SMILES string of the molecule is COC(=O)[C@@H]1CN(Cn2nc(-c3ccccc3F)n(C3CC3)c2=S)CCS1. The van der Waals surface area contributed by atoms with Crippen LogP contribution in [0.4, 0.5) is 4.39 Å². The van der Waals surface area contributed by atoms with Crippen LogP contribution in [0, 0.1) is 10.6 Å². The largest absolute Gasteiger partial charge is 0.468 e. The van der Waals surface area contributed by atoms with Gasteiger partial charge in [-0.2, -0.15) is 5.10 Å². The molecule has 27 heavy (non-hydrogen) atoms. The second-order valence-electron chi connectivity index (χ2n) is 6.79. The number of nitrogens with zero attached hydrogens (tertiary/aromatic N) is 4. The van der Waals surface area contributed by atoms with Crippen molar-refractivity contribution in [3.05, 3.63) is 34.9 Å². The summed E-state index contributed by atoms with van der Waals surface area (Å²) in [6.07, 6.45) is 2.07. The minimum absolute atomic E-state index is 0.200. The molecule has 6 nitrogen and oxygen atoms in total. The molecule has 1 aromatic heterocycles. The van der Waals surface area contributed by atoms with E-state index in [-0.39, 0.29) is 17.0 Å². The smallest absolute Gasteiger partial charge is 0.320 e. The number of ether oxygens (including phenoxy) is 1. The number of esters is 1. The van der Waals surface area contributed by atoms with Gasteiger partial charge in [-0.15, -0.1) is 11.8 Å². The lowest BCUT2D eigenvalue weighted by Gasteiger charge is -2.30. The van der Waals surface area contributed by atoms with E-state index >= 15 is 0 Å². The predicted molar refractivity (Wildman–Crippen MR) is 105 cm³/mol. The van der Waals surface area contributed by atoms with Crippen molar-refractivity contribution in [3.63, 3.8) is 0 Å². The van der Waals surface area contributed by atoms with Gasteiger partial charge in [-0.3, -0.25) is 14.3 Å².